The monoisotopic (exact) mass is 936 g/mol. The van der Waals surface area contributed by atoms with Crippen LogP contribution in [-0.4, -0.2) is 6.71 Å². The minimum Gasteiger partial charge on any atom is -0.458 e. The van der Waals surface area contributed by atoms with Crippen LogP contribution in [0.3, 0.4) is 0 Å². The molecule has 0 saturated carbocycles. The van der Waals surface area contributed by atoms with Gasteiger partial charge in [0.15, 0.2) is 0 Å². The van der Waals surface area contributed by atoms with Crippen LogP contribution < -0.4 is 35.7 Å². The fourth-order valence-electron chi connectivity index (χ4n) is 11.2. The van der Waals surface area contributed by atoms with E-state index in [2.05, 4.69) is 240 Å². The van der Waals surface area contributed by atoms with E-state index in [1.54, 1.807) is 0 Å². The summed E-state index contributed by atoms with van der Waals surface area (Å²) in [6.45, 7) is -0.198. The van der Waals surface area contributed by atoms with Gasteiger partial charge in [-0.05, 0) is 142 Å². The molecule has 11 aromatic carbocycles. The van der Waals surface area contributed by atoms with E-state index in [1.807, 2.05) is 18.2 Å². The summed E-state index contributed by atoms with van der Waals surface area (Å²) in [7, 11) is 0. The molecule has 0 unspecified atom stereocenters. The van der Waals surface area contributed by atoms with Gasteiger partial charge < -0.3 is 28.1 Å². The highest BCUT2D eigenvalue weighted by Gasteiger charge is 2.41. The Morgan fingerprint density at radius 1 is 0.260 bits per heavy atom. The number of rotatable bonds is 8. The summed E-state index contributed by atoms with van der Waals surface area (Å²) >= 11 is 0. The van der Waals surface area contributed by atoms with E-state index < -0.39 is 0 Å². The van der Waals surface area contributed by atoms with Gasteiger partial charge in [0.2, 0.25) is 0 Å². The summed E-state index contributed by atoms with van der Waals surface area (Å²) in [6, 6.07) is 87.1. The molecule has 342 valence electrons. The number of hydrogen-bond acceptors (Lipinski definition) is 6. The molecule has 2 aliphatic rings. The van der Waals surface area contributed by atoms with Crippen LogP contribution in [0.2, 0.25) is 0 Å². The summed E-state index contributed by atoms with van der Waals surface area (Å²) in [4.78, 5) is 4.57. The summed E-state index contributed by atoms with van der Waals surface area (Å²) in [5.74, 6) is 3.13. The first-order chi connectivity index (χ1) is 36.1. The smallest absolute Gasteiger partial charge is 0.261 e. The largest absolute Gasteiger partial charge is 0.458 e. The van der Waals surface area contributed by atoms with E-state index in [9.17, 15) is 0 Å². The topological polar surface area (TPSA) is 51.2 Å². The molecule has 0 atom stereocenters. The van der Waals surface area contributed by atoms with Crippen molar-refractivity contribution in [3.63, 3.8) is 0 Å². The molecule has 0 bridgehead atoms. The third-order valence-electron chi connectivity index (χ3n) is 14.5. The third kappa shape index (κ3) is 6.81. The van der Waals surface area contributed by atoms with Crippen LogP contribution in [0.5, 0.6) is 23.0 Å². The van der Waals surface area contributed by atoms with Crippen LogP contribution in [0.4, 0.5) is 34.1 Å². The van der Waals surface area contributed by atoms with Gasteiger partial charge in [-0.3, -0.25) is 0 Å². The maximum absolute atomic E-state index is 6.89. The Morgan fingerprint density at radius 3 is 1.08 bits per heavy atom. The molecule has 6 nitrogen and oxygen atoms in total. The molecule has 2 aliphatic heterocycles. The van der Waals surface area contributed by atoms with Crippen LogP contribution >= 0.6 is 0 Å². The van der Waals surface area contributed by atoms with E-state index in [4.69, 9.17) is 18.3 Å². The molecule has 7 heteroatoms. The molecule has 0 N–H and O–H groups in total. The van der Waals surface area contributed by atoms with Gasteiger partial charge in [0.1, 0.15) is 45.3 Å². The maximum atomic E-state index is 6.89. The third-order valence-corrected chi connectivity index (χ3v) is 14.5. The van der Waals surface area contributed by atoms with Gasteiger partial charge in [-0.2, -0.15) is 0 Å². The highest BCUT2D eigenvalue weighted by molar-refractivity contribution is 6.98. The Hall–Kier alpha value is -9.72. The van der Waals surface area contributed by atoms with Gasteiger partial charge in [-0.1, -0.05) is 127 Å². The molecule has 0 fully saturated rings. The van der Waals surface area contributed by atoms with Gasteiger partial charge in [0.05, 0.1) is 0 Å². The zero-order valence-corrected chi connectivity index (χ0v) is 39.3. The van der Waals surface area contributed by atoms with Gasteiger partial charge in [0.25, 0.3) is 6.71 Å². The first-order valence-corrected chi connectivity index (χ1v) is 24.7. The van der Waals surface area contributed by atoms with Gasteiger partial charge in [-0.15, -0.1) is 0 Å². The second kappa shape index (κ2) is 16.4. The molecular weight excluding hydrogens is 896 g/mol. The van der Waals surface area contributed by atoms with E-state index in [1.165, 1.54) is 11.1 Å². The number of para-hydroxylation sites is 2. The first kappa shape index (κ1) is 41.1. The predicted molar refractivity (Wildman–Crippen MR) is 299 cm³/mol. The molecule has 0 saturated heterocycles. The standard InChI is InChI=1S/C66H41BN2O4/c1-5-16-42(17-6-1)44-20-13-26-48(34-44)68(46-22-9-3-10-23-46)50-30-32-52-54-38-64-56(40-62(54)72-60(52)36-50)67-57-41-63-55(39-65(57)71-59-29-15-28-58(70-64)66(59)67)53-33-31-51(37-61(53)73-63)69(47-24-11-4-12-25-47)49-27-14-21-45(35-49)43-18-7-2-8-19-43/h1-41H. The minimum atomic E-state index is -0.198. The number of benzene rings is 11. The van der Waals surface area contributed by atoms with Crippen LogP contribution in [-0.2, 0) is 0 Å². The first-order valence-electron chi connectivity index (χ1n) is 24.7. The lowest BCUT2D eigenvalue weighted by Gasteiger charge is -2.32. The van der Waals surface area contributed by atoms with E-state index in [0.717, 1.165) is 129 Å². The Kier molecular flexibility index (Phi) is 9.26. The lowest BCUT2D eigenvalue weighted by molar-refractivity contribution is 0.465. The zero-order valence-electron chi connectivity index (χ0n) is 39.3. The second-order valence-electron chi connectivity index (χ2n) is 18.8. The van der Waals surface area contributed by atoms with Crippen molar-refractivity contribution >= 4 is 101 Å². The molecule has 0 radical (unpaired) electrons. The number of hydrogen-bond donors (Lipinski definition) is 0. The van der Waals surface area contributed by atoms with E-state index in [-0.39, 0.29) is 6.71 Å². The molecule has 4 heterocycles. The van der Waals surface area contributed by atoms with Crippen LogP contribution in [0, 0.1) is 0 Å². The fourth-order valence-corrected chi connectivity index (χ4v) is 11.2. The molecule has 73 heavy (non-hydrogen) atoms. The van der Waals surface area contributed by atoms with E-state index in [0.29, 0.717) is 0 Å². The quantitative estimate of drug-likeness (QED) is 0.142. The van der Waals surface area contributed by atoms with E-state index >= 15 is 0 Å². The van der Waals surface area contributed by atoms with Crippen molar-refractivity contribution in [3.05, 3.63) is 249 Å². The van der Waals surface area contributed by atoms with Crippen molar-refractivity contribution in [1.82, 2.24) is 0 Å². The van der Waals surface area contributed by atoms with Crippen molar-refractivity contribution < 1.29 is 18.3 Å². The molecular formula is C66H41BN2O4. The predicted octanol–water partition coefficient (Wildman–Crippen LogP) is 16.5. The lowest BCUT2D eigenvalue weighted by Crippen LogP contribution is -2.57. The summed E-state index contributed by atoms with van der Waals surface area (Å²) in [5, 5.41) is 4.01. The Bertz CT molecular complexity index is 4010. The number of ether oxygens (including phenoxy) is 2. The summed E-state index contributed by atoms with van der Waals surface area (Å²) < 4.78 is 27.4. The number of furan rings is 2. The Balaban J connectivity index is 0.834. The highest BCUT2D eigenvalue weighted by Crippen LogP contribution is 2.44. The average Bonchev–Trinajstić information content (AvgIpc) is 4.01. The maximum Gasteiger partial charge on any atom is 0.261 e. The molecule has 0 amide bonds. The number of nitrogens with zero attached hydrogens (tertiary/aromatic N) is 2. The van der Waals surface area contributed by atoms with Gasteiger partial charge in [-0.25, -0.2) is 0 Å². The number of anilines is 6. The summed E-state index contributed by atoms with van der Waals surface area (Å²) in [6.07, 6.45) is 0. The Labute approximate surface area is 421 Å². The Morgan fingerprint density at radius 2 is 0.630 bits per heavy atom. The minimum absolute atomic E-state index is 0.198. The summed E-state index contributed by atoms with van der Waals surface area (Å²) in [5.41, 5.74) is 17.0. The van der Waals surface area contributed by atoms with Crippen molar-refractivity contribution in [2.75, 3.05) is 9.80 Å². The van der Waals surface area contributed by atoms with Crippen molar-refractivity contribution in [2.24, 2.45) is 0 Å². The van der Waals surface area contributed by atoms with Crippen molar-refractivity contribution in [3.8, 4) is 45.3 Å². The van der Waals surface area contributed by atoms with Crippen LogP contribution in [0.15, 0.2) is 258 Å². The average molecular weight is 937 g/mol. The van der Waals surface area contributed by atoms with Crippen LogP contribution in [0.1, 0.15) is 0 Å². The van der Waals surface area contributed by atoms with Crippen molar-refractivity contribution in [1.29, 1.82) is 0 Å². The lowest BCUT2D eigenvalue weighted by atomic mass is 9.35. The van der Waals surface area contributed by atoms with Crippen molar-refractivity contribution in [2.45, 2.75) is 0 Å². The molecule has 13 aromatic rings. The van der Waals surface area contributed by atoms with Gasteiger partial charge >= 0.3 is 0 Å². The molecule has 2 aromatic heterocycles. The SMILES string of the molecule is c1ccc(-c2cccc(N(c3ccccc3)c3ccc4c(c3)oc3cc5c(cc34)Oc3cccc4c3B5c3cc5oc6cc(N(c7ccccc7)c7cccc(-c8ccccc8)c7)ccc6c5cc3O4)c2)cc1. The fraction of sp³-hybridized carbons (Fsp3) is 0. The van der Waals surface area contributed by atoms with Gasteiger partial charge in [0, 0.05) is 73.3 Å². The highest BCUT2D eigenvalue weighted by atomic mass is 16.5. The van der Waals surface area contributed by atoms with Crippen LogP contribution in [0.25, 0.3) is 66.1 Å². The zero-order chi connectivity index (χ0) is 48.0. The number of fused-ring (bicyclic) bond motifs is 10. The second-order valence-corrected chi connectivity index (χ2v) is 18.8. The molecule has 0 spiro atoms. The molecule has 15 rings (SSSR count). The molecule has 0 aliphatic carbocycles. The normalized spacial score (nSPS) is 12.3.